The molecule has 15 heteroatoms. The van der Waals surface area contributed by atoms with Crippen LogP contribution in [0, 0.1) is 32.1 Å². The summed E-state index contributed by atoms with van der Waals surface area (Å²) in [6.45, 7) is 4.55. The molecule has 0 radical (unpaired) electrons. The van der Waals surface area contributed by atoms with Crippen LogP contribution in [0.4, 0.5) is 4.79 Å². The Hall–Kier alpha value is -3.39. The summed E-state index contributed by atoms with van der Waals surface area (Å²) in [5.74, 6) is -1.81. The van der Waals surface area contributed by atoms with Gasteiger partial charge in [0, 0.05) is 26.3 Å². The summed E-state index contributed by atoms with van der Waals surface area (Å²) in [5.41, 5.74) is 0. The van der Waals surface area contributed by atoms with Gasteiger partial charge in [0.1, 0.15) is 12.7 Å². The van der Waals surface area contributed by atoms with Gasteiger partial charge in [0.25, 0.3) is 10.2 Å². The maximum absolute atomic E-state index is 11.8. The molecule has 0 bridgehead atoms. The summed E-state index contributed by atoms with van der Waals surface area (Å²) in [4.78, 5) is 63.3. The zero-order chi connectivity index (χ0) is 24.7. The number of ether oxygens (including phenoxy) is 2. The molecule has 0 aromatic carbocycles. The normalized spacial score (nSPS) is 13.4. The summed E-state index contributed by atoms with van der Waals surface area (Å²) in [5, 5.41) is 29.7. The second-order valence-electron chi connectivity index (χ2n) is 7.30. The molecule has 0 aromatic heterocycles. The predicted molar refractivity (Wildman–Crippen MR) is 104 cm³/mol. The van der Waals surface area contributed by atoms with Crippen molar-refractivity contribution in [3.05, 3.63) is 20.2 Å². The van der Waals surface area contributed by atoms with Crippen molar-refractivity contribution in [3.8, 4) is 0 Å². The Morgan fingerprint density at radius 3 is 2.25 bits per heavy atom. The predicted octanol–water partition coefficient (Wildman–Crippen LogP) is 1.69. The van der Waals surface area contributed by atoms with Gasteiger partial charge in [-0.1, -0.05) is 13.8 Å². The average Bonchev–Trinajstić information content (AvgIpc) is 2.62. The standard InChI is InChI=1S/C17H29N3O12/c1-11(2)7-13(8-15(21)22)9-18-17(24)31-12(3)30-16(23)6-4-5-14(32-20(27)28)10-29-19(25)26/h11-14H,4-10H2,1-3H3,(H,18,24)(H,21,22)/t12?,13-,14+/m0/s1. The molecule has 184 valence electrons. The van der Waals surface area contributed by atoms with E-state index in [0.717, 1.165) is 0 Å². The Balaban J connectivity index is 4.31. The van der Waals surface area contributed by atoms with E-state index in [9.17, 15) is 34.6 Å². The first-order chi connectivity index (χ1) is 14.9. The quantitative estimate of drug-likeness (QED) is 0.136. The highest BCUT2D eigenvalue weighted by molar-refractivity contribution is 5.70. The van der Waals surface area contributed by atoms with E-state index in [1.807, 2.05) is 13.8 Å². The zero-order valence-electron chi connectivity index (χ0n) is 18.1. The molecule has 2 N–H and O–H groups in total. The van der Waals surface area contributed by atoms with Crippen LogP contribution in [0.3, 0.4) is 0 Å². The summed E-state index contributed by atoms with van der Waals surface area (Å²) in [6.07, 6.45) is -3.19. The van der Waals surface area contributed by atoms with Crippen molar-refractivity contribution in [1.82, 2.24) is 5.32 Å². The van der Waals surface area contributed by atoms with Crippen molar-refractivity contribution in [2.75, 3.05) is 13.2 Å². The second-order valence-corrected chi connectivity index (χ2v) is 7.30. The number of carbonyl (C=O) groups excluding carboxylic acids is 2. The number of aliphatic carboxylic acids is 1. The molecule has 15 nitrogen and oxygen atoms in total. The highest BCUT2D eigenvalue weighted by atomic mass is 17.0. The van der Waals surface area contributed by atoms with Gasteiger partial charge in [0.05, 0.1) is 0 Å². The van der Waals surface area contributed by atoms with E-state index < -0.39 is 47.2 Å². The summed E-state index contributed by atoms with van der Waals surface area (Å²) in [7, 11) is 0. The Morgan fingerprint density at radius 2 is 1.72 bits per heavy atom. The van der Waals surface area contributed by atoms with Crippen molar-refractivity contribution in [3.63, 3.8) is 0 Å². The minimum atomic E-state index is -1.24. The molecule has 0 saturated heterocycles. The maximum atomic E-state index is 11.8. The zero-order valence-corrected chi connectivity index (χ0v) is 18.1. The third-order valence-corrected chi connectivity index (χ3v) is 3.88. The molecular weight excluding hydrogens is 438 g/mol. The number of amides is 1. The summed E-state index contributed by atoms with van der Waals surface area (Å²) in [6, 6.07) is 0. The number of carboxylic acids is 1. The van der Waals surface area contributed by atoms with Crippen LogP contribution >= 0.6 is 0 Å². The first kappa shape index (κ1) is 28.6. The highest BCUT2D eigenvalue weighted by Gasteiger charge is 2.20. The fourth-order valence-corrected chi connectivity index (χ4v) is 2.75. The Morgan fingerprint density at radius 1 is 1.06 bits per heavy atom. The third-order valence-electron chi connectivity index (χ3n) is 3.88. The summed E-state index contributed by atoms with van der Waals surface area (Å²) < 4.78 is 9.76. The number of hydrogen-bond acceptors (Lipinski definition) is 11. The van der Waals surface area contributed by atoms with Gasteiger partial charge >= 0.3 is 18.0 Å². The van der Waals surface area contributed by atoms with Gasteiger partial charge in [-0.15, -0.1) is 20.2 Å². The molecule has 0 saturated carbocycles. The van der Waals surface area contributed by atoms with E-state index in [1.165, 1.54) is 6.92 Å². The van der Waals surface area contributed by atoms with Gasteiger partial charge in [0.15, 0.2) is 0 Å². The van der Waals surface area contributed by atoms with Crippen molar-refractivity contribution in [1.29, 1.82) is 0 Å². The molecular formula is C17H29N3O12. The Labute approximate surface area is 183 Å². The van der Waals surface area contributed by atoms with Crippen LogP contribution in [-0.2, 0) is 28.7 Å². The van der Waals surface area contributed by atoms with Crippen LogP contribution in [0.25, 0.3) is 0 Å². The molecule has 0 spiro atoms. The minimum Gasteiger partial charge on any atom is -0.481 e. The number of rotatable bonds is 17. The van der Waals surface area contributed by atoms with Crippen LogP contribution < -0.4 is 5.32 Å². The minimum absolute atomic E-state index is 0.0312. The van der Waals surface area contributed by atoms with E-state index in [1.54, 1.807) is 0 Å². The van der Waals surface area contributed by atoms with Crippen molar-refractivity contribution in [2.45, 2.75) is 65.3 Å². The number of carbonyl (C=O) groups is 3. The van der Waals surface area contributed by atoms with E-state index in [2.05, 4.69) is 15.0 Å². The first-order valence-electron chi connectivity index (χ1n) is 9.83. The van der Waals surface area contributed by atoms with E-state index in [0.29, 0.717) is 6.42 Å². The first-order valence-corrected chi connectivity index (χ1v) is 9.83. The number of nitrogens with one attached hydrogen (secondary N) is 1. The maximum Gasteiger partial charge on any atom is 0.410 e. The molecule has 0 rings (SSSR count). The SMILES string of the molecule is CC(C)C[C@H](CNC(=O)OC(C)OC(=O)CCC[C@H](CO[N+](=O)[O-])O[N+](=O)[O-])CC(=O)O. The molecule has 0 aromatic rings. The van der Waals surface area contributed by atoms with E-state index >= 15 is 0 Å². The molecule has 0 aliphatic heterocycles. The van der Waals surface area contributed by atoms with Crippen molar-refractivity contribution >= 4 is 18.0 Å². The lowest BCUT2D eigenvalue weighted by molar-refractivity contribution is -0.790. The Kier molecular flexibility index (Phi) is 13.8. The van der Waals surface area contributed by atoms with Gasteiger partial charge < -0.3 is 29.6 Å². The van der Waals surface area contributed by atoms with Gasteiger partial charge in [-0.2, -0.15) is 0 Å². The van der Waals surface area contributed by atoms with Gasteiger partial charge in [-0.3, -0.25) is 9.59 Å². The number of hydrogen-bond donors (Lipinski definition) is 2. The smallest absolute Gasteiger partial charge is 0.410 e. The van der Waals surface area contributed by atoms with E-state index in [-0.39, 0.29) is 44.1 Å². The third kappa shape index (κ3) is 16.4. The largest absolute Gasteiger partial charge is 0.481 e. The number of esters is 1. The van der Waals surface area contributed by atoms with Crippen LogP contribution in [-0.4, -0.2) is 58.9 Å². The number of nitrogens with zero attached hydrogens (tertiary/aromatic N) is 2. The molecule has 3 atom stereocenters. The lowest BCUT2D eigenvalue weighted by atomic mass is 9.94. The number of carboxylic acid groups (broad SMARTS) is 1. The second kappa shape index (κ2) is 15.4. The highest BCUT2D eigenvalue weighted by Crippen LogP contribution is 2.15. The van der Waals surface area contributed by atoms with Crippen LogP contribution in [0.15, 0.2) is 0 Å². The molecule has 1 unspecified atom stereocenters. The van der Waals surface area contributed by atoms with Crippen molar-refractivity contribution < 1.29 is 48.8 Å². The average molecular weight is 467 g/mol. The lowest BCUT2D eigenvalue weighted by Crippen LogP contribution is -2.34. The molecule has 0 heterocycles. The van der Waals surface area contributed by atoms with E-state index in [4.69, 9.17) is 14.6 Å². The molecule has 32 heavy (non-hydrogen) atoms. The number of alkyl carbamates (subject to hydrolysis) is 1. The topological polar surface area (TPSA) is 207 Å². The lowest BCUT2D eigenvalue weighted by Gasteiger charge is -2.19. The fraction of sp³-hybridized carbons (Fsp3) is 0.824. The van der Waals surface area contributed by atoms with Gasteiger partial charge in [-0.05, 0) is 31.1 Å². The monoisotopic (exact) mass is 467 g/mol. The van der Waals surface area contributed by atoms with Gasteiger partial charge in [0.2, 0.25) is 6.29 Å². The van der Waals surface area contributed by atoms with Gasteiger partial charge in [-0.25, -0.2) is 4.79 Å². The van der Waals surface area contributed by atoms with Crippen LogP contribution in [0.2, 0.25) is 0 Å². The Bertz CT molecular complexity index is 642. The van der Waals surface area contributed by atoms with Crippen molar-refractivity contribution in [2.24, 2.45) is 11.8 Å². The molecule has 0 aliphatic rings. The summed E-state index contributed by atoms with van der Waals surface area (Å²) >= 11 is 0. The van der Waals surface area contributed by atoms with Crippen LogP contribution in [0.1, 0.15) is 52.9 Å². The molecule has 1 amide bonds. The molecule has 0 aliphatic carbocycles. The van der Waals surface area contributed by atoms with Crippen LogP contribution in [0.5, 0.6) is 0 Å². The fourth-order valence-electron chi connectivity index (χ4n) is 2.75. The molecule has 0 fully saturated rings.